The summed E-state index contributed by atoms with van der Waals surface area (Å²) in [4.78, 5) is 11.2. The zero-order valence-electron chi connectivity index (χ0n) is 11.9. The van der Waals surface area contributed by atoms with Crippen LogP contribution in [0.3, 0.4) is 0 Å². The van der Waals surface area contributed by atoms with Crippen molar-refractivity contribution in [1.29, 1.82) is 0 Å². The number of rotatable bonds is 5. The van der Waals surface area contributed by atoms with Gasteiger partial charge >= 0.3 is 5.97 Å². The van der Waals surface area contributed by atoms with Crippen LogP contribution in [0.25, 0.3) is 0 Å². The number of aliphatic carboxylic acids is 1. The van der Waals surface area contributed by atoms with Gasteiger partial charge in [-0.2, -0.15) is 0 Å². The first kappa shape index (κ1) is 16.4. The van der Waals surface area contributed by atoms with E-state index < -0.39 is 5.97 Å². The molecule has 0 saturated heterocycles. The molecule has 1 aliphatic carbocycles. The normalized spacial score (nSPS) is 19.2. The van der Waals surface area contributed by atoms with Gasteiger partial charge in [0.2, 0.25) is 0 Å². The second-order valence-electron chi connectivity index (χ2n) is 6.12. The van der Waals surface area contributed by atoms with E-state index in [2.05, 4.69) is 15.9 Å². The number of hydrogen-bond donors (Lipinski definition) is 2. The fourth-order valence-corrected chi connectivity index (χ4v) is 3.80. The van der Waals surface area contributed by atoms with Crippen LogP contribution < -0.4 is 5.73 Å². The van der Waals surface area contributed by atoms with Gasteiger partial charge in [-0.25, -0.2) is 4.39 Å². The van der Waals surface area contributed by atoms with Gasteiger partial charge in [-0.1, -0.05) is 25.3 Å². The SMILES string of the molecule is NC(CC1(CC(=O)O)CCCCC1)c1ccc(F)c(Br)c1. The standard InChI is InChI=1S/C16H21BrFNO2/c17-12-8-11(4-5-13(12)18)14(19)9-16(10-15(20)21)6-2-1-3-7-16/h4-5,8,14H,1-3,6-7,9-10,19H2,(H,20,21). The number of halogens is 2. The monoisotopic (exact) mass is 357 g/mol. The molecule has 5 heteroatoms. The first-order chi connectivity index (χ1) is 9.92. The zero-order valence-corrected chi connectivity index (χ0v) is 13.5. The van der Waals surface area contributed by atoms with E-state index in [0.717, 1.165) is 31.2 Å². The summed E-state index contributed by atoms with van der Waals surface area (Å²) in [5.74, 6) is -1.08. The summed E-state index contributed by atoms with van der Waals surface area (Å²) in [5.41, 5.74) is 6.90. The minimum Gasteiger partial charge on any atom is -0.481 e. The molecule has 1 atom stereocenters. The van der Waals surface area contributed by atoms with Gasteiger partial charge in [-0.05, 0) is 58.3 Å². The molecule has 0 amide bonds. The number of nitrogens with two attached hydrogens (primary N) is 1. The molecular formula is C16H21BrFNO2. The molecule has 1 unspecified atom stereocenters. The van der Waals surface area contributed by atoms with Crippen LogP contribution in [0.4, 0.5) is 4.39 Å². The minimum atomic E-state index is -0.760. The summed E-state index contributed by atoms with van der Waals surface area (Å²) < 4.78 is 13.7. The molecule has 116 valence electrons. The first-order valence-electron chi connectivity index (χ1n) is 7.34. The second kappa shape index (κ2) is 6.88. The lowest BCUT2D eigenvalue weighted by Crippen LogP contribution is -2.31. The van der Waals surface area contributed by atoms with E-state index in [-0.39, 0.29) is 23.7 Å². The van der Waals surface area contributed by atoms with Crippen LogP contribution in [-0.4, -0.2) is 11.1 Å². The highest BCUT2D eigenvalue weighted by Gasteiger charge is 2.36. The van der Waals surface area contributed by atoms with E-state index in [9.17, 15) is 14.3 Å². The summed E-state index contributed by atoms with van der Waals surface area (Å²) in [6.45, 7) is 0. The fourth-order valence-electron chi connectivity index (χ4n) is 3.40. The molecule has 0 heterocycles. The van der Waals surface area contributed by atoms with E-state index in [1.165, 1.54) is 12.5 Å². The lowest BCUT2D eigenvalue weighted by molar-refractivity contribution is -0.140. The van der Waals surface area contributed by atoms with Crippen LogP contribution in [0, 0.1) is 11.2 Å². The largest absolute Gasteiger partial charge is 0.481 e. The van der Waals surface area contributed by atoms with Crippen LogP contribution in [-0.2, 0) is 4.79 Å². The quantitative estimate of drug-likeness (QED) is 0.820. The number of carboxylic acid groups (broad SMARTS) is 1. The molecule has 0 aromatic heterocycles. The van der Waals surface area contributed by atoms with Crippen molar-refractivity contribution >= 4 is 21.9 Å². The Morgan fingerprint density at radius 2 is 2.05 bits per heavy atom. The average Bonchev–Trinajstić information content (AvgIpc) is 2.41. The van der Waals surface area contributed by atoms with Crippen molar-refractivity contribution < 1.29 is 14.3 Å². The van der Waals surface area contributed by atoms with Crippen LogP contribution >= 0.6 is 15.9 Å². The molecule has 1 saturated carbocycles. The maximum absolute atomic E-state index is 13.3. The summed E-state index contributed by atoms with van der Waals surface area (Å²) in [6, 6.07) is 4.50. The maximum atomic E-state index is 13.3. The fraction of sp³-hybridized carbons (Fsp3) is 0.562. The lowest BCUT2D eigenvalue weighted by atomic mass is 9.67. The van der Waals surface area contributed by atoms with E-state index in [1.807, 2.05) is 0 Å². The van der Waals surface area contributed by atoms with Gasteiger partial charge < -0.3 is 10.8 Å². The first-order valence-corrected chi connectivity index (χ1v) is 8.13. The molecule has 1 aromatic carbocycles. The van der Waals surface area contributed by atoms with Gasteiger partial charge in [-0.3, -0.25) is 4.79 Å². The molecule has 0 aliphatic heterocycles. The van der Waals surface area contributed by atoms with Gasteiger partial charge in [0.25, 0.3) is 0 Å². The Kier molecular flexibility index (Phi) is 5.38. The number of carboxylic acids is 1. The van der Waals surface area contributed by atoms with Gasteiger partial charge in [-0.15, -0.1) is 0 Å². The molecule has 2 rings (SSSR count). The molecule has 0 spiro atoms. The predicted molar refractivity (Wildman–Crippen MR) is 83.4 cm³/mol. The predicted octanol–water partition coefficient (Wildman–Crippen LogP) is 4.40. The number of hydrogen-bond acceptors (Lipinski definition) is 2. The minimum absolute atomic E-state index is 0.170. The van der Waals surface area contributed by atoms with Crippen molar-refractivity contribution in [2.24, 2.45) is 11.1 Å². The van der Waals surface area contributed by atoms with Crippen molar-refractivity contribution in [1.82, 2.24) is 0 Å². The molecule has 21 heavy (non-hydrogen) atoms. The van der Waals surface area contributed by atoms with Crippen LogP contribution in [0.2, 0.25) is 0 Å². The van der Waals surface area contributed by atoms with E-state index >= 15 is 0 Å². The molecule has 0 radical (unpaired) electrons. The zero-order chi connectivity index (χ0) is 15.5. The molecule has 3 nitrogen and oxygen atoms in total. The Hall–Kier alpha value is -0.940. The van der Waals surface area contributed by atoms with E-state index in [1.54, 1.807) is 12.1 Å². The maximum Gasteiger partial charge on any atom is 0.303 e. The Bertz CT molecular complexity index is 515. The van der Waals surface area contributed by atoms with E-state index in [4.69, 9.17) is 5.73 Å². The molecule has 1 aromatic rings. The molecular weight excluding hydrogens is 337 g/mol. The van der Waals surface area contributed by atoms with Crippen molar-refractivity contribution in [3.05, 3.63) is 34.1 Å². The Labute approximate surface area is 132 Å². The van der Waals surface area contributed by atoms with Crippen molar-refractivity contribution in [3.8, 4) is 0 Å². The van der Waals surface area contributed by atoms with Crippen LogP contribution in [0.15, 0.2) is 22.7 Å². The Balaban J connectivity index is 2.15. The molecule has 1 fully saturated rings. The third-order valence-corrected chi connectivity index (χ3v) is 5.07. The Morgan fingerprint density at radius 1 is 1.38 bits per heavy atom. The topological polar surface area (TPSA) is 63.3 Å². The summed E-state index contributed by atoms with van der Waals surface area (Å²) >= 11 is 3.17. The highest BCUT2D eigenvalue weighted by atomic mass is 79.9. The van der Waals surface area contributed by atoms with E-state index in [0.29, 0.717) is 10.9 Å². The van der Waals surface area contributed by atoms with Gasteiger partial charge in [0, 0.05) is 6.04 Å². The van der Waals surface area contributed by atoms with Gasteiger partial charge in [0.05, 0.1) is 10.9 Å². The van der Waals surface area contributed by atoms with Crippen molar-refractivity contribution in [3.63, 3.8) is 0 Å². The third kappa shape index (κ3) is 4.27. The smallest absolute Gasteiger partial charge is 0.303 e. The van der Waals surface area contributed by atoms with Crippen molar-refractivity contribution in [2.45, 2.75) is 51.0 Å². The lowest BCUT2D eigenvalue weighted by Gasteiger charge is -2.38. The molecule has 0 bridgehead atoms. The summed E-state index contributed by atoms with van der Waals surface area (Å²) in [5, 5.41) is 9.20. The Morgan fingerprint density at radius 3 is 2.62 bits per heavy atom. The second-order valence-corrected chi connectivity index (χ2v) is 6.97. The van der Waals surface area contributed by atoms with Crippen molar-refractivity contribution in [2.75, 3.05) is 0 Å². The average molecular weight is 358 g/mol. The van der Waals surface area contributed by atoms with Gasteiger partial charge in [0.1, 0.15) is 5.82 Å². The number of carbonyl (C=O) groups is 1. The number of benzene rings is 1. The van der Waals surface area contributed by atoms with Crippen LogP contribution in [0.5, 0.6) is 0 Å². The molecule has 3 N–H and O–H groups in total. The highest BCUT2D eigenvalue weighted by molar-refractivity contribution is 9.10. The van der Waals surface area contributed by atoms with Gasteiger partial charge in [0.15, 0.2) is 0 Å². The summed E-state index contributed by atoms with van der Waals surface area (Å²) in [7, 11) is 0. The summed E-state index contributed by atoms with van der Waals surface area (Å²) in [6.07, 6.45) is 5.92. The third-order valence-electron chi connectivity index (χ3n) is 4.47. The molecule has 1 aliphatic rings. The van der Waals surface area contributed by atoms with Crippen LogP contribution in [0.1, 0.15) is 56.6 Å². The highest BCUT2D eigenvalue weighted by Crippen LogP contribution is 2.45.